The number of carbonyl (C=O) groups is 1. The average Bonchev–Trinajstić information content (AvgIpc) is 3.03. The van der Waals surface area contributed by atoms with E-state index >= 15 is 0 Å². The van der Waals surface area contributed by atoms with Gasteiger partial charge >= 0.3 is 11.8 Å². The highest BCUT2D eigenvalue weighted by molar-refractivity contribution is 9.11. The van der Waals surface area contributed by atoms with Crippen molar-refractivity contribution in [1.82, 2.24) is 19.7 Å². The van der Waals surface area contributed by atoms with Crippen LogP contribution in [0.1, 0.15) is 4.88 Å². The first-order valence-corrected chi connectivity index (χ1v) is 7.72. The summed E-state index contributed by atoms with van der Waals surface area (Å²) in [7, 11) is 0. The molecule has 0 fully saturated rings. The fourth-order valence-corrected chi connectivity index (χ4v) is 3.19. The van der Waals surface area contributed by atoms with Gasteiger partial charge < -0.3 is 10.4 Å². The standard InChI is InChI=1S/C12H12BrFN4O3S/c13-10-2-1-9(22-10)6-17-7-16-18(12(17)21)5-8(3-14)4-15-11(19)20/h1-3,7,15H,4-6H2,(H,19,20)/b8-3-. The lowest BCUT2D eigenvalue weighted by molar-refractivity contribution is 0.195. The van der Waals surface area contributed by atoms with Gasteiger partial charge in [-0.05, 0) is 33.6 Å². The zero-order valence-corrected chi connectivity index (χ0v) is 13.6. The minimum Gasteiger partial charge on any atom is -0.465 e. The Labute approximate surface area is 136 Å². The van der Waals surface area contributed by atoms with Crippen LogP contribution in [0.25, 0.3) is 0 Å². The second-order valence-electron chi connectivity index (χ2n) is 4.33. The van der Waals surface area contributed by atoms with E-state index in [1.54, 1.807) is 0 Å². The number of nitrogens with one attached hydrogen (secondary N) is 1. The summed E-state index contributed by atoms with van der Waals surface area (Å²) in [6.07, 6.45) is 0.384. The van der Waals surface area contributed by atoms with E-state index < -0.39 is 6.09 Å². The molecule has 0 bridgehead atoms. The predicted octanol–water partition coefficient (Wildman–Crippen LogP) is 2.04. The lowest BCUT2D eigenvalue weighted by Gasteiger charge is -2.05. The van der Waals surface area contributed by atoms with E-state index in [0.29, 0.717) is 6.54 Å². The molecule has 22 heavy (non-hydrogen) atoms. The van der Waals surface area contributed by atoms with Crippen LogP contribution in [0, 0.1) is 0 Å². The fourth-order valence-electron chi connectivity index (χ4n) is 1.70. The minimum atomic E-state index is -1.26. The second kappa shape index (κ2) is 7.36. The van der Waals surface area contributed by atoms with Crippen LogP contribution in [0.4, 0.5) is 9.18 Å². The normalized spacial score (nSPS) is 11.6. The maximum absolute atomic E-state index is 12.7. The Bertz CT molecular complexity index is 752. The van der Waals surface area contributed by atoms with Crippen LogP contribution in [0.5, 0.6) is 0 Å². The van der Waals surface area contributed by atoms with Crippen molar-refractivity contribution in [2.45, 2.75) is 13.1 Å². The molecule has 2 aromatic heterocycles. The topological polar surface area (TPSA) is 89.2 Å². The molecule has 0 aromatic carbocycles. The first-order chi connectivity index (χ1) is 10.5. The van der Waals surface area contributed by atoms with Crippen LogP contribution in [0.15, 0.2) is 38.9 Å². The molecule has 2 N–H and O–H groups in total. The fraction of sp³-hybridized carbons (Fsp3) is 0.250. The molecular formula is C12H12BrFN4O3S. The molecular weight excluding hydrogens is 379 g/mol. The zero-order valence-electron chi connectivity index (χ0n) is 11.2. The molecule has 1 amide bonds. The molecule has 0 unspecified atom stereocenters. The van der Waals surface area contributed by atoms with Gasteiger partial charge in [-0.3, -0.25) is 4.57 Å². The van der Waals surface area contributed by atoms with Gasteiger partial charge in [0.25, 0.3) is 0 Å². The SMILES string of the molecule is O=C(O)NC/C(=C/F)Cn1ncn(Cc2ccc(Br)s2)c1=O. The number of nitrogens with zero attached hydrogens (tertiary/aromatic N) is 3. The lowest BCUT2D eigenvalue weighted by atomic mass is 10.3. The van der Waals surface area contributed by atoms with Crippen molar-refractivity contribution in [3.8, 4) is 0 Å². The van der Waals surface area contributed by atoms with Crippen LogP contribution in [0.2, 0.25) is 0 Å². The van der Waals surface area contributed by atoms with Crippen LogP contribution in [0.3, 0.4) is 0 Å². The summed E-state index contributed by atoms with van der Waals surface area (Å²) < 4.78 is 16.2. The quantitative estimate of drug-likeness (QED) is 0.789. The van der Waals surface area contributed by atoms with Gasteiger partial charge in [0.05, 0.1) is 23.2 Å². The van der Waals surface area contributed by atoms with E-state index in [4.69, 9.17) is 5.11 Å². The number of halogens is 2. The minimum absolute atomic E-state index is 0.105. The Hall–Kier alpha value is -1.94. The molecule has 0 radical (unpaired) electrons. The van der Waals surface area contributed by atoms with E-state index in [1.807, 2.05) is 17.4 Å². The highest BCUT2D eigenvalue weighted by Gasteiger charge is 2.09. The molecule has 10 heteroatoms. The van der Waals surface area contributed by atoms with E-state index in [9.17, 15) is 14.0 Å². The van der Waals surface area contributed by atoms with Crippen LogP contribution < -0.4 is 11.0 Å². The average molecular weight is 391 g/mol. The van der Waals surface area contributed by atoms with Gasteiger partial charge in [0, 0.05) is 11.4 Å². The van der Waals surface area contributed by atoms with Crippen molar-refractivity contribution in [3.63, 3.8) is 0 Å². The van der Waals surface area contributed by atoms with Crippen LogP contribution >= 0.6 is 27.3 Å². The van der Waals surface area contributed by atoms with Gasteiger partial charge in [0.15, 0.2) is 0 Å². The van der Waals surface area contributed by atoms with Crippen molar-refractivity contribution in [1.29, 1.82) is 0 Å². The number of hydrogen-bond donors (Lipinski definition) is 2. The second-order valence-corrected chi connectivity index (χ2v) is 6.88. The molecule has 0 spiro atoms. The van der Waals surface area contributed by atoms with Gasteiger partial charge in [-0.15, -0.1) is 11.3 Å². The number of aromatic nitrogens is 3. The van der Waals surface area contributed by atoms with Crippen molar-refractivity contribution < 1.29 is 14.3 Å². The molecule has 118 valence electrons. The molecule has 7 nitrogen and oxygen atoms in total. The largest absolute Gasteiger partial charge is 0.465 e. The Morgan fingerprint density at radius 1 is 1.55 bits per heavy atom. The number of carboxylic acid groups (broad SMARTS) is 1. The number of thiophene rings is 1. The summed E-state index contributed by atoms with van der Waals surface area (Å²) in [6.45, 7) is 0.0525. The summed E-state index contributed by atoms with van der Waals surface area (Å²) in [5, 5.41) is 14.4. The first kappa shape index (κ1) is 16.4. The Balaban J connectivity index is 2.07. The molecule has 0 atom stereocenters. The lowest BCUT2D eigenvalue weighted by Crippen LogP contribution is -2.29. The highest BCUT2D eigenvalue weighted by Crippen LogP contribution is 2.22. The van der Waals surface area contributed by atoms with E-state index in [1.165, 1.54) is 22.2 Å². The van der Waals surface area contributed by atoms with Crippen molar-refractivity contribution >= 4 is 33.4 Å². The molecule has 0 aliphatic rings. The maximum Gasteiger partial charge on any atom is 0.404 e. The summed E-state index contributed by atoms with van der Waals surface area (Å²) in [5.74, 6) is 0. The summed E-state index contributed by atoms with van der Waals surface area (Å²) >= 11 is 4.85. The Morgan fingerprint density at radius 2 is 2.32 bits per heavy atom. The van der Waals surface area contributed by atoms with Crippen LogP contribution in [-0.2, 0) is 13.1 Å². The molecule has 0 saturated heterocycles. The third kappa shape index (κ3) is 4.28. The third-order valence-electron chi connectivity index (χ3n) is 2.73. The Kier molecular flexibility index (Phi) is 5.50. The molecule has 0 aliphatic heterocycles. The van der Waals surface area contributed by atoms with Gasteiger partial charge in [-0.1, -0.05) is 0 Å². The molecule has 0 saturated carbocycles. The molecule has 2 aromatic rings. The number of hydrogen-bond acceptors (Lipinski definition) is 4. The van der Waals surface area contributed by atoms with E-state index in [2.05, 4.69) is 21.0 Å². The summed E-state index contributed by atoms with van der Waals surface area (Å²) in [6, 6.07) is 3.78. The van der Waals surface area contributed by atoms with Gasteiger partial charge in [0.2, 0.25) is 0 Å². The smallest absolute Gasteiger partial charge is 0.404 e. The third-order valence-corrected chi connectivity index (χ3v) is 4.33. The van der Waals surface area contributed by atoms with Crippen LogP contribution in [-0.4, -0.2) is 32.1 Å². The molecule has 2 rings (SSSR count). The van der Waals surface area contributed by atoms with Crippen molar-refractivity contribution in [2.24, 2.45) is 0 Å². The van der Waals surface area contributed by atoms with Crippen molar-refractivity contribution in [2.75, 3.05) is 6.54 Å². The highest BCUT2D eigenvalue weighted by atomic mass is 79.9. The molecule has 0 aliphatic carbocycles. The number of amides is 1. The Morgan fingerprint density at radius 3 is 2.91 bits per heavy atom. The van der Waals surface area contributed by atoms with Gasteiger partial charge in [-0.2, -0.15) is 5.10 Å². The van der Waals surface area contributed by atoms with Gasteiger partial charge in [-0.25, -0.2) is 18.7 Å². The summed E-state index contributed by atoms with van der Waals surface area (Å²) in [4.78, 5) is 23.5. The summed E-state index contributed by atoms with van der Waals surface area (Å²) in [5.41, 5.74) is -0.284. The maximum atomic E-state index is 12.7. The molecule has 2 heterocycles. The predicted molar refractivity (Wildman–Crippen MR) is 82.8 cm³/mol. The monoisotopic (exact) mass is 390 g/mol. The zero-order chi connectivity index (χ0) is 16.1. The first-order valence-electron chi connectivity index (χ1n) is 6.11. The van der Waals surface area contributed by atoms with Crippen molar-refractivity contribution in [3.05, 3.63) is 49.5 Å². The number of rotatable bonds is 6. The van der Waals surface area contributed by atoms with E-state index in [0.717, 1.165) is 13.3 Å². The van der Waals surface area contributed by atoms with E-state index in [-0.39, 0.29) is 30.7 Å². The van der Waals surface area contributed by atoms with Gasteiger partial charge in [0.1, 0.15) is 6.33 Å².